The largest absolute Gasteiger partial charge is 0.495 e. The number of hydrogen-bond donors (Lipinski definition) is 1. The Labute approximate surface area is 158 Å². The van der Waals surface area contributed by atoms with Gasteiger partial charge in [-0.3, -0.25) is 4.79 Å². The molecule has 26 heavy (non-hydrogen) atoms. The van der Waals surface area contributed by atoms with E-state index in [0.717, 1.165) is 12.1 Å². The summed E-state index contributed by atoms with van der Waals surface area (Å²) in [7, 11) is 1.56. The molecule has 1 N–H and O–H groups in total. The van der Waals surface area contributed by atoms with Crippen LogP contribution in [0.1, 0.15) is 11.3 Å². The number of aryl methyl sites for hydroxylation is 1. The van der Waals surface area contributed by atoms with Gasteiger partial charge in [0.2, 0.25) is 5.91 Å². The van der Waals surface area contributed by atoms with E-state index in [1.807, 2.05) is 18.2 Å². The molecule has 1 amide bonds. The SMILES string of the molecule is COc1cc(/C=C/C(=O)NCCn2c(C)cc3ccccc32)ccc1Cl. The topological polar surface area (TPSA) is 43.3 Å². The summed E-state index contributed by atoms with van der Waals surface area (Å²) in [5.74, 6) is 0.456. The summed E-state index contributed by atoms with van der Waals surface area (Å²) >= 11 is 6.00. The van der Waals surface area contributed by atoms with Crippen LogP contribution in [0, 0.1) is 6.92 Å². The van der Waals surface area contributed by atoms with Gasteiger partial charge in [-0.2, -0.15) is 0 Å². The van der Waals surface area contributed by atoms with Crippen LogP contribution < -0.4 is 10.1 Å². The molecule has 3 aromatic rings. The second-order valence-corrected chi connectivity index (χ2v) is 6.42. The Bertz CT molecular complexity index is 960. The van der Waals surface area contributed by atoms with Crippen LogP contribution in [0.3, 0.4) is 0 Å². The number of amides is 1. The van der Waals surface area contributed by atoms with Crippen LogP contribution in [-0.2, 0) is 11.3 Å². The highest BCUT2D eigenvalue weighted by atomic mass is 35.5. The van der Waals surface area contributed by atoms with Gasteiger partial charge in [0.05, 0.1) is 12.1 Å². The molecule has 0 bridgehead atoms. The standard InChI is InChI=1S/C21H21ClN2O2/c1-15-13-17-5-3-4-6-19(17)24(15)12-11-23-21(25)10-8-16-7-9-18(22)20(14-16)26-2/h3-10,13-14H,11-12H2,1-2H3,(H,23,25)/b10-8+. The summed E-state index contributed by atoms with van der Waals surface area (Å²) in [6, 6.07) is 15.8. The summed E-state index contributed by atoms with van der Waals surface area (Å²) in [5.41, 5.74) is 3.22. The lowest BCUT2D eigenvalue weighted by molar-refractivity contribution is -0.116. The monoisotopic (exact) mass is 368 g/mol. The second kappa shape index (κ2) is 8.11. The van der Waals surface area contributed by atoms with Gasteiger partial charge in [0.25, 0.3) is 0 Å². The van der Waals surface area contributed by atoms with Crippen LogP contribution in [-0.4, -0.2) is 24.1 Å². The molecule has 134 valence electrons. The number of para-hydroxylation sites is 1. The molecule has 2 aromatic carbocycles. The van der Waals surface area contributed by atoms with Crippen LogP contribution in [0.5, 0.6) is 5.75 Å². The van der Waals surface area contributed by atoms with E-state index in [9.17, 15) is 4.79 Å². The minimum Gasteiger partial charge on any atom is -0.495 e. The van der Waals surface area contributed by atoms with Gasteiger partial charge in [0.1, 0.15) is 5.75 Å². The van der Waals surface area contributed by atoms with E-state index in [-0.39, 0.29) is 5.91 Å². The average Bonchev–Trinajstić information content (AvgIpc) is 2.96. The van der Waals surface area contributed by atoms with Crippen molar-refractivity contribution in [2.45, 2.75) is 13.5 Å². The molecule has 0 aliphatic heterocycles. The van der Waals surface area contributed by atoms with Crippen molar-refractivity contribution in [1.29, 1.82) is 0 Å². The number of nitrogens with zero attached hydrogens (tertiary/aromatic N) is 1. The molecule has 0 spiro atoms. The van der Waals surface area contributed by atoms with Crippen LogP contribution in [0.4, 0.5) is 0 Å². The lowest BCUT2D eigenvalue weighted by Crippen LogP contribution is -2.25. The Morgan fingerprint density at radius 1 is 1.23 bits per heavy atom. The number of halogens is 1. The minimum absolute atomic E-state index is 0.131. The molecular weight excluding hydrogens is 348 g/mol. The van der Waals surface area contributed by atoms with E-state index in [4.69, 9.17) is 16.3 Å². The van der Waals surface area contributed by atoms with Crippen molar-refractivity contribution < 1.29 is 9.53 Å². The number of carbonyl (C=O) groups excluding carboxylic acids is 1. The third kappa shape index (κ3) is 4.09. The zero-order valence-corrected chi connectivity index (χ0v) is 15.6. The van der Waals surface area contributed by atoms with Crippen molar-refractivity contribution in [2.24, 2.45) is 0 Å². The van der Waals surface area contributed by atoms with Crippen LogP contribution in [0.2, 0.25) is 5.02 Å². The molecule has 0 aliphatic carbocycles. The van der Waals surface area contributed by atoms with Gasteiger partial charge in [-0.05, 0) is 48.2 Å². The quantitative estimate of drug-likeness (QED) is 0.653. The fourth-order valence-electron chi connectivity index (χ4n) is 2.95. The smallest absolute Gasteiger partial charge is 0.244 e. The molecule has 1 heterocycles. The highest BCUT2D eigenvalue weighted by molar-refractivity contribution is 6.32. The third-order valence-electron chi connectivity index (χ3n) is 4.25. The number of benzene rings is 2. The maximum Gasteiger partial charge on any atom is 0.244 e. The zero-order valence-electron chi connectivity index (χ0n) is 14.8. The van der Waals surface area contributed by atoms with Crippen molar-refractivity contribution in [2.75, 3.05) is 13.7 Å². The molecule has 0 saturated heterocycles. The number of ether oxygens (including phenoxy) is 1. The Morgan fingerprint density at radius 2 is 2.04 bits per heavy atom. The molecule has 1 aromatic heterocycles. The summed E-state index contributed by atoms with van der Waals surface area (Å²) in [4.78, 5) is 12.1. The van der Waals surface area contributed by atoms with Gasteiger partial charge < -0.3 is 14.6 Å². The molecule has 0 saturated carbocycles. The van der Waals surface area contributed by atoms with E-state index in [1.54, 1.807) is 25.3 Å². The van der Waals surface area contributed by atoms with Crippen LogP contribution in [0.15, 0.2) is 54.6 Å². The summed E-state index contributed by atoms with van der Waals surface area (Å²) in [5, 5.41) is 4.68. The van der Waals surface area contributed by atoms with Crippen molar-refractivity contribution in [3.63, 3.8) is 0 Å². The van der Waals surface area contributed by atoms with Gasteiger partial charge in [0.15, 0.2) is 0 Å². The van der Waals surface area contributed by atoms with Gasteiger partial charge in [-0.15, -0.1) is 0 Å². The third-order valence-corrected chi connectivity index (χ3v) is 4.57. The van der Waals surface area contributed by atoms with Crippen molar-refractivity contribution in [3.05, 3.63) is 70.9 Å². The fourth-order valence-corrected chi connectivity index (χ4v) is 3.14. The van der Waals surface area contributed by atoms with Crippen LogP contribution in [0.25, 0.3) is 17.0 Å². The lowest BCUT2D eigenvalue weighted by Gasteiger charge is -2.08. The first kappa shape index (κ1) is 18.1. The Hall–Kier alpha value is -2.72. The molecule has 4 nitrogen and oxygen atoms in total. The van der Waals surface area contributed by atoms with Crippen molar-refractivity contribution >= 4 is 34.5 Å². The van der Waals surface area contributed by atoms with E-state index in [0.29, 0.717) is 17.3 Å². The lowest BCUT2D eigenvalue weighted by atomic mass is 10.2. The van der Waals surface area contributed by atoms with Gasteiger partial charge in [-0.1, -0.05) is 35.9 Å². The molecule has 0 radical (unpaired) electrons. The fraction of sp³-hybridized carbons (Fsp3) is 0.190. The predicted octanol–water partition coefficient (Wildman–Crippen LogP) is 4.44. The van der Waals surface area contributed by atoms with Crippen molar-refractivity contribution in [3.8, 4) is 5.75 Å². The van der Waals surface area contributed by atoms with Gasteiger partial charge in [0, 0.05) is 30.4 Å². The van der Waals surface area contributed by atoms with Gasteiger partial charge >= 0.3 is 0 Å². The summed E-state index contributed by atoms with van der Waals surface area (Å²) in [6.07, 6.45) is 3.26. The first-order chi connectivity index (χ1) is 12.6. The van der Waals surface area contributed by atoms with E-state index in [2.05, 4.69) is 35.0 Å². The number of hydrogen-bond acceptors (Lipinski definition) is 2. The number of nitrogens with one attached hydrogen (secondary N) is 1. The summed E-state index contributed by atoms with van der Waals surface area (Å²) in [6.45, 7) is 3.37. The molecule has 0 aliphatic rings. The first-order valence-corrected chi connectivity index (χ1v) is 8.80. The average molecular weight is 369 g/mol. The molecule has 0 unspecified atom stereocenters. The molecular formula is C21H21ClN2O2. The Kier molecular flexibility index (Phi) is 5.64. The first-order valence-electron chi connectivity index (χ1n) is 8.43. The Balaban J connectivity index is 1.58. The molecule has 0 atom stereocenters. The minimum atomic E-state index is -0.131. The highest BCUT2D eigenvalue weighted by Gasteiger charge is 2.05. The van der Waals surface area contributed by atoms with Gasteiger partial charge in [-0.25, -0.2) is 0 Å². The second-order valence-electron chi connectivity index (χ2n) is 6.01. The van der Waals surface area contributed by atoms with E-state index < -0.39 is 0 Å². The zero-order chi connectivity index (χ0) is 18.5. The highest BCUT2D eigenvalue weighted by Crippen LogP contribution is 2.25. The predicted molar refractivity (Wildman–Crippen MR) is 107 cm³/mol. The Morgan fingerprint density at radius 3 is 2.85 bits per heavy atom. The maximum atomic E-state index is 12.1. The van der Waals surface area contributed by atoms with E-state index in [1.165, 1.54) is 22.7 Å². The number of aromatic nitrogens is 1. The number of fused-ring (bicyclic) bond motifs is 1. The number of methoxy groups -OCH3 is 1. The van der Waals surface area contributed by atoms with Crippen LogP contribution >= 0.6 is 11.6 Å². The number of rotatable bonds is 6. The van der Waals surface area contributed by atoms with E-state index >= 15 is 0 Å². The molecule has 0 fully saturated rings. The number of carbonyl (C=O) groups is 1. The maximum absolute atomic E-state index is 12.1. The molecule has 5 heteroatoms. The van der Waals surface area contributed by atoms with Crippen molar-refractivity contribution in [1.82, 2.24) is 9.88 Å². The summed E-state index contributed by atoms with van der Waals surface area (Å²) < 4.78 is 7.39. The normalized spacial score (nSPS) is 11.2. The molecule has 3 rings (SSSR count).